The Balaban J connectivity index is 0. The van der Waals surface area contributed by atoms with E-state index in [0.717, 1.165) is 12.8 Å². The molecule has 0 aliphatic rings. The number of allylic oxidation sites excluding steroid dienone is 3. The van der Waals surface area contributed by atoms with Crippen LogP contribution in [0.3, 0.4) is 0 Å². The minimum Gasteiger partial charge on any atom is -0.100 e. The van der Waals surface area contributed by atoms with Gasteiger partial charge < -0.3 is 0 Å². The topological polar surface area (TPSA) is 0 Å². The standard InChI is InChI=1S/C10H18.C2H6/c1-5-6-10(4)8-7-9(2)3;1-2/h6H,2,5,7-8H2,1,3-4H3;1-2H3/b10-6-;. The molecule has 0 bridgehead atoms. The summed E-state index contributed by atoms with van der Waals surface area (Å²) in [5.41, 5.74) is 2.77. The lowest BCUT2D eigenvalue weighted by atomic mass is 10.1. The molecule has 0 saturated heterocycles. The quantitative estimate of drug-likeness (QED) is 0.532. The van der Waals surface area contributed by atoms with Gasteiger partial charge in [-0.05, 0) is 33.1 Å². The fraction of sp³-hybridized carbons (Fsp3) is 0.667. The van der Waals surface area contributed by atoms with Crippen molar-refractivity contribution in [3.63, 3.8) is 0 Å². The van der Waals surface area contributed by atoms with E-state index in [1.54, 1.807) is 0 Å². The molecule has 0 nitrogen and oxygen atoms in total. The summed E-state index contributed by atoms with van der Waals surface area (Å²) in [5.74, 6) is 0. The van der Waals surface area contributed by atoms with Crippen LogP contribution in [0.2, 0.25) is 0 Å². The van der Waals surface area contributed by atoms with E-state index in [9.17, 15) is 0 Å². The molecular weight excluding hydrogens is 144 g/mol. The zero-order chi connectivity index (χ0) is 9.98. The van der Waals surface area contributed by atoms with Crippen molar-refractivity contribution in [2.75, 3.05) is 0 Å². The molecule has 0 aliphatic heterocycles. The summed E-state index contributed by atoms with van der Waals surface area (Å²) in [7, 11) is 0. The first-order valence-electron chi connectivity index (χ1n) is 4.96. The van der Waals surface area contributed by atoms with Gasteiger partial charge in [0.15, 0.2) is 0 Å². The van der Waals surface area contributed by atoms with Gasteiger partial charge in [0.2, 0.25) is 0 Å². The summed E-state index contributed by atoms with van der Waals surface area (Å²) in [5, 5.41) is 0. The van der Waals surface area contributed by atoms with Crippen LogP contribution in [-0.4, -0.2) is 0 Å². The lowest BCUT2D eigenvalue weighted by Crippen LogP contribution is -1.78. The van der Waals surface area contributed by atoms with Crippen molar-refractivity contribution in [2.45, 2.75) is 53.9 Å². The van der Waals surface area contributed by atoms with Crippen molar-refractivity contribution in [3.05, 3.63) is 23.8 Å². The second kappa shape index (κ2) is 10.5. The van der Waals surface area contributed by atoms with Crippen molar-refractivity contribution < 1.29 is 0 Å². The maximum atomic E-state index is 3.86. The van der Waals surface area contributed by atoms with Crippen LogP contribution < -0.4 is 0 Å². The molecule has 0 unspecified atom stereocenters. The molecule has 0 aromatic carbocycles. The first kappa shape index (κ1) is 14.0. The van der Waals surface area contributed by atoms with Crippen LogP contribution in [-0.2, 0) is 0 Å². The molecule has 72 valence electrons. The Bertz CT molecular complexity index is 129. The Morgan fingerprint density at radius 2 is 1.67 bits per heavy atom. The SMILES string of the molecule is C=C(C)CC/C(C)=C\CC.CC. The molecule has 0 saturated carbocycles. The van der Waals surface area contributed by atoms with Crippen LogP contribution in [0, 0.1) is 0 Å². The van der Waals surface area contributed by atoms with Crippen LogP contribution in [0.25, 0.3) is 0 Å². The molecule has 0 radical (unpaired) electrons. The second-order valence-corrected chi connectivity index (χ2v) is 2.92. The Labute approximate surface area is 78.4 Å². The summed E-state index contributed by atoms with van der Waals surface area (Å²) in [6.07, 6.45) is 5.76. The van der Waals surface area contributed by atoms with Gasteiger partial charge >= 0.3 is 0 Å². The van der Waals surface area contributed by atoms with Crippen molar-refractivity contribution in [3.8, 4) is 0 Å². The van der Waals surface area contributed by atoms with Gasteiger partial charge in [0.1, 0.15) is 0 Å². The second-order valence-electron chi connectivity index (χ2n) is 2.92. The highest BCUT2D eigenvalue weighted by molar-refractivity contribution is 5.01. The zero-order valence-electron chi connectivity index (χ0n) is 9.41. The summed E-state index contributed by atoms with van der Waals surface area (Å²) >= 11 is 0. The average molecular weight is 168 g/mol. The lowest BCUT2D eigenvalue weighted by molar-refractivity contribution is 0.917. The van der Waals surface area contributed by atoms with E-state index < -0.39 is 0 Å². The molecule has 0 amide bonds. The van der Waals surface area contributed by atoms with Crippen LogP contribution in [0.1, 0.15) is 53.9 Å². The average Bonchev–Trinajstić information content (AvgIpc) is 2.05. The van der Waals surface area contributed by atoms with Gasteiger partial charge in [0.05, 0.1) is 0 Å². The lowest BCUT2D eigenvalue weighted by Gasteiger charge is -1.99. The summed E-state index contributed by atoms with van der Waals surface area (Å²) < 4.78 is 0. The van der Waals surface area contributed by atoms with Crippen LogP contribution >= 0.6 is 0 Å². The summed E-state index contributed by atoms with van der Waals surface area (Å²) in [6, 6.07) is 0. The van der Waals surface area contributed by atoms with Crippen molar-refractivity contribution in [2.24, 2.45) is 0 Å². The molecule has 0 atom stereocenters. The first-order valence-corrected chi connectivity index (χ1v) is 4.96. The van der Waals surface area contributed by atoms with Gasteiger partial charge in [-0.25, -0.2) is 0 Å². The monoisotopic (exact) mass is 168 g/mol. The molecule has 0 heteroatoms. The molecular formula is C12H24. The van der Waals surface area contributed by atoms with Crippen LogP contribution in [0.4, 0.5) is 0 Å². The molecule has 0 aromatic rings. The molecule has 0 fully saturated rings. The van der Waals surface area contributed by atoms with Crippen molar-refractivity contribution in [1.29, 1.82) is 0 Å². The minimum absolute atomic E-state index is 1.14. The predicted molar refractivity (Wildman–Crippen MR) is 59.4 cm³/mol. The van der Waals surface area contributed by atoms with E-state index in [4.69, 9.17) is 0 Å². The maximum absolute atomic E-state index is 3.86. The highest BCUT2D eigenvalue weighted by atomic mass is 13.9. The van der Waals surface area contributed by atoms with E-state index in [1.807, 2.05) is 13.8 Å². The third-order valence-corrected chi connectivity index (χ3v) is 1.50. The predicted octanol–water partition coefficient (Wildman–Crippen LogP) is 4.73. The molecule has 0 N–H and O–H groups in total. The van der Waals surface area contributed by atoms with Crippen LogP contribution in [0.15, 0.2) is 23.8 Å². The highest BCUT2D eigenvalue weighted by Crippen LogP contribution is 2.09. The fourth-order valence-corrected chi connectivity index (χ4v) is 0.861. The number of hydrogen-bond donors (Lipinski definition) is 0. The van der Waals surface area contributed by atoms with E-state index >= 15 is 0 Å². The third kappa shape index (κ3) is 12.2. The Morgan fingerprint density at radius 1 is 1.17 bits per heavy atom. The van der Waals surface area contributed by atoms with Gasteiger partial charge in [-0.1, -0.05) is 38.0 Å². The molecule has 0 spiro atoms. The molecule has 0 aliphatic carbocycles. The Morgan fingerprint density at radius 3 is 2.00 bits per heavy atom. The fourth-order valence-electron chi connectivity index (χ4n) is 0.861. The Kier molecular flexibility index (Phi) is 12.3. The zero-order valence-corrected chi connectivity index (χ0v) is 9.41. The highest BCUT2D eigenvalue weighted by Gasteiger charge is 1.88. The Hall–Kier alpha value is -0.520. The van der Waals surface area contributed by atoms with Crippen LogP contribution in [0.5, 0.6) is 0 Å². The van der Waals surface area contributed by atoms with Gasteiger partial charge in [-0.2, -0.15) is 0 Å². The van der Waals surface area contributed by atoms with E-state index in [0.29, 0.717) is 0 Å². The van der Waals surface area contributed by atoms with E-state index in [1.165, 1.54) is 17.6 Å². The first-order chi connectivity index (χ1) is 5.66. The minimum atomic E-state index is 1.14. The normalized spacial score (nSPS) is 10.2. The maximum Gasteiger partial charge on any atom is -0.0286 e. The molecule has 0 aromatic heterocycles. The third-order valence-electron chi connectivity index (χ3n) is 1.50. The van der Waals surface area contributed by atoms with Gasteiger partial charge in [0, 0.05) is 0 Å². The number of hydrogen-bond acceptors (Lipinski definition) is 0. The largest absolute Gasteiger partial charge is 0.100 e. The van der Waals surface area contributed by atoms with Gasteiger partial charge in [-0.15, -0.1) is 6.58 Å². The van der Waals surface area contributed by atoms with E-state index in [2.05, 4.69) is 33.4 Å². The van der Waals surface area contributed by atoms with Crippen molar-refractivity contribution in [1.82, 2.24) is 0 Å². The van der Waals surface area contributed by atoms with Gasteiger partial charge in [-0.3, -0.25) is 0 Å². The summed E-state index contributed by atoms with van der Waals surface area (Å²) in [6.45, 7) is 14.3. The molecule has 12 heavy (non-hydrogen) atoms. The molecule has 0 rings (SSSR count). The molecule has 0 heterocycles. The van der Waals surface area contributed by atoms with Gasteiger partial charge in [0.25, 0.3) is 0 Å². The summed E-state index contributed by atoms with van der Waals surface area (Å²) in [4.78, 5) is 0. The van der Waals surface area contributed by atoms with Crippen molar-refractivity contribution >= 4 is 0 Å². The smallest absolute Gasteiger partial charge is 0.0286 e. The van der Waals surface area contributed by atoms with E-state index in [-0.39, 0.29) is 0 Å². The number of rotatable bonds is 4.